The lowest BCUT2D eigenvalue weighted by atomic mass is 9.74. The molecular weight excluding hydrogens is 345 g/mol. The van der Waals surface area contributed by atoms with E-state index in [1.54, 1.807) is 0 Å². The standard InChI is InChI=1S/C11H12F9N3/c12-9(13,14)8(10(15,16)17)6-7(4-2-1-3-5-7)21-22(8)23(21)11(18,19)20/h1-6H2. The van der Waals surface area contributed by atoms with Gasteiger partial charge in [-0.2, -0.15) is 35.9 Å². The van der Waals surface area contributed by atoms with Crippen molar-refractivity contribution >= 4 is 0 Å². The fourth-order valence-electron chi connectivity index (χ4n) is 3.86. The maximum absolute atomic E-state index is 13.3. The number of halogens is 9. The predicted octanol–water partition coefficient (Wildman–Crippen LogP) is 4.45. The highest BCUT2D eigenvalue weighted by atomic mass is 19.4. The lowest BCUT2D eigenvalue weighted by Gasteiger charge is -2.38. The van der Waals surface area contributed by atoms with E-state index >= 15 is 0 Å². The van der Waals surface area contributed by atoms with E-state index < -0.39 is 45.7 Å². The zero-order chi connectivity index (χ0) is 17.5. The van der Waals surface area contributed by atoms with Gasteiger partial charge in [0.1, 0.15) is 0 Å². The molecule has 2 aliphatic rings. The van der Waals surface area contributed by atoms with E-state index in [4.69, 9.17) is 0 Å². The number of hydrogen-bond acceptors (Lipinski definition) is 0. The molecule has 12 heteroatoms. The Labute approximate surface area is 123 Å². The van der Waals surface area contributed by atoms with Crippen molar-refractivity contribution in [3.05, 3.63) is 0 Å². The molecule has 0 atom stereocenters. The molecule has 1 saturated carbocycles. The van der Waals surface area contributed by atoms with Crippen LogP contribution in [0.1, 0.15) is 38.5 Å². The second-order valence-electron chi connectivity index (χ2n) is 6.15. The Bertz CT molecular complexity index is 574. The summed E-state index contributed by atoms with van der Waals surface area (Å²) in [5, 5.41) is 0. The average Bonchev–Trinajstić information content (AvgIpc) is 3.04. The largest absolute Gasteiger partial charge is 0.520 e. The van der Waals surface area contributed by atoms with Gasteiger partial charge in [-0.3, -0.25) is 0 Å². The summed E-state index contributed by atoms with van der Waals surface area (Å²) in [7, 11) is 0. The summed E-state index contributed by atoms with van der Waals surface area (Å²) in [4.78, 5) is -1.39. The summed E-state index contributed by atoms with van der Waals surface area (Å²) < 4.78 is 119. The number of rotatable bonds is 0. The summed E-state index contributed by atoms with van der Waals surface area (Å²) >= 11 is 0. The van der Waals surface area contributed by atoms with Gasteiger partial charge >= 0.3 is 18.7 Å². The van der Waals surface area contributed by atoms with Crippen molar-refractivity contribution in [3.8, 4) is 0 Å². The van der Waals surface area contributed by atoms with Gasteiger partial charge in [-0.05, 0) is 12.8 Å². The zero-order valence-electron chi connectivity index (χ0n) is 11.5. The Hall–Kier alpha value is -1.23. The van der Waals surface area contributed by atoms with E-state index in [1.807, 2.05) is 0 Å². The second kappa shape index (κ2) is 4.24. The van der Waals surface area contributed by atoms with Crippen LogP contribution < -0.4 is 0 Å². The van der Waals surface area contributed by atoms with Crippen molar-refractivity contribution in [2.45, 2.75) is 68.3 Å². The fourth-order valence-corrected chi connectivity index (χ4v) is 3.86. The lowest BCUT2D eigenvalue weighted by Crippen LogP contribution is -2.58. The van der Waals surface area contributed by atoms with Crippen LogP contribution in [-0.4, -0.2) is 26.7 Å². The average molecular weight is 357 g/mol. The quantitative estimate of drug-likeness (QED) is 0.610. The van der Waals surface area contributed by atoms with Crippen LogP contribution in [0.4, 0.5) is 39.5 Å². The van der Waals surface area contributed by atoms with Gasteiger partial charge in [-0.15, -0.1) is 13.2 Å². The van der Waals surface area contributed by atoms with Crippen LogP contribution in [0, 0.1) is 0 Å². The first-order valence-corrected chi connectivity index (χ1v) is 6.89. The van der Waals surface area contributed by atoms with Crippen molar-refractivity contribution in [2.75, 3.05) is 0 Å². The molecule has 1 aromatic heterocycles. The molecule has 0 N–H and O–H groups in total. The summed E-state index contributed by atoms with van der Waals surface area (Å²) in [5.74, 6) is 0. The van der Waals surface area contributed by atoms with Gasteiger partial charge in [-0.1, -0.05) is 24.1 Å². The van der Waals surface area contributed by atoms with Crippen molar-refractivity contribution in [1.29, 1.82) is 0 Å². The number of alkyl halides is 9. The summed E-state index contributed by atoms with van der Waals surface area (Å²) in [6, 6.07) is 0. The Balaban J connectivity index is 2.21. The minimum Gasteiger partial charge on any atom is -0.179 e. The number of fused-ring (bicyclic) bond motifs is 2. The van der Waals surface area contributed by atoms with Gasteiger partial charge in [0.05, 0.1) is 5.54 Å². The highest BCUT2D eigenvalue weighted by Gasteiger charge is 2.83. The second-order valence-corrected chi connectivity index (χ2v) is 6.15. The van der Waals surface area contributed by atoms with Gasteiger partial charge in [-0.25, -0.2) is 0 Å². The van der Waals surface area contributed by atoms with Crippen LogP contribution in [0.3, 0.4) is 0 Å². The highest BCUT2D eigenvalue weighted by molar-refractivity contribution is 5.12. The van der Waals surface area contributed by atoms with Crippen molar-refractivity contribution in [1.82, 2.24) is 14.4 Å². The van der Waals surface area contributed by atoms with Crippen molar-refractivity contribution < 1.29 is 39.5 Å². The van der Waals surface area contributed by atoms with Crippen LogP contribution in [0.2, 0.25) is 0 Å². The molecule has 134 valence electrons. The topological polar surface area (TPSA) is 14.8 Å². The van der Waals surface area contributed by atoms with Crippen molar-refractivity contribution in [2.24, 2.45) is 0 Å². The normalized spacial score (nSPS) is 24.4. The number of hydrogen-bond donors (Lipinski definition) is 0. The fraction of sp³-hybridized carbons (Fsp3) is 1.00. The summed E-state index contributed by atoms with van der Waals surface area (Å²) in [5.41, 5.74) is -6.33. The molecule has 3 rings (SSSR count). The van der Waals surface area contributed by atoms with E-state index in [1.165, 1.54) is 0 Å². The monoisotopic (exact) mass is 357 g/mol. The molecular formula is C11H12F9N3. The lowest BCUT2D eigenvalue weighted by molar-refractivity contribution is -0.337. The van der Waals surface area contributed by atoms with Gasteiger partial charge in [0.2, 0.25) is 0 Å². The van der Waals surface area contributed by atoms with Gasteiger partial charge in [0.25, 0.3) is 5.54 Å². The van der Waals surface area contributed by atoms with E-state index in [0.29, 0.717) is 19.3 Å². The molecule has 0 bridgehead atoms. The van der Waals surface area contributed by atoms with Gasteiger partial charge in [0.15, 0.2) is 0 Å². The first-order valence-electron chi connectivity index (χ1n) is 6.89. The van der Waals surface area contributed by atoms with Crippen LogP contribution in [-0.2, 0) is 17.4 Å². The first kappa shape index (κ1) is 16.6. The first-order chi connectivity index (χ1) is 10.3. The minimum absolute atomic E-state index is 0.132. The Kier molecular flexibility index (Phi) is 3.06. The van der Waals surface area contributed by atoms with Crippen molar-refractivity contribution in [3.63, 3.8) is 0 Å². The Morgan fingerprint density at radius 2 is 1.13 bits per heavy atom. The molecule has 0 unspecified atom stereocenters. The van der Waals surface area contributed by atoms with E-state index in [9.17, 15) is 39.5 Å². The Morgan fingerprint density at radius 3 is 1.52 bits per heavy atom. The molecule has 1 aromatic rings. The maximum atomic E-state index is 13.3. The maximum Gasteiger partial charge on any atom is 0.520 e. The molecule has 2 heterocycles. The van der Waals surface area contributed by atoms with Crippen LogP contribution in [0.25, 0.3) is 0 Å². The van der Waals surface area contributed by atoms with E-state index in [2.05, 4.69) is 0 Å². The molecule has 0 radical (unpaired) electrons. The number of nitrogens with zero attached hydrogens (tertiary/aromatic N) is 3. The summed E-state index contributed by atoms with van der Waals surface area (Å²) in [6.45, 7) is 0. The highest BCUT2D eigenvalue weighted by Crippen LogP contribution is 2.63. The van der Waals surface area contributed by atoms with Crippen LogP contribution >= 0.6 is 0 Å². The smallest absolute Gasteiger partial charge is 0.179 e. The molecule has 0 saturated heterocycles. The molecule has 1 spiro atoms. The van der Waals surface area contributed by atoms with Crippen LogP contribution in [0.15, 0.2) is 0 Å². The molecule has 0 aromatic carbocycles. The molecule has 1 aliphatic carbocycles. The SMILES string of the molecule is FC(F)(F)n1n2n1C(C(F)(F)F)(C(F)(F)F)CC21CCCCC1. The molecule has 0 amide bonds. The molecule has 23 heavy (non-hydrogen) atoms. The Morgan fingerprint density at radius 1 is 0.652 bits per heavy atom. The predicted molar refractivity (Wildman–Crippen MR) is 57.5 cm³/mol. The van der Waals surface area contributed by atoms with Crippen LogP contribution in [0.5, 0.6) is 0 Å². The third kappa shape index (κ3) is 1.98. The van der Waals surface area contributed by atoms with Gasteiger partial charge < -0.3 is 0 Å². The third-order valence-electron chi connectivity index (χ3n) is 4.81. The minimum atomic E-state index is -5.88. The molecule has 1 aliphatic heterocycles. The van der Waals surface area contributed by atoms with E-state index in [-0.39, 0.29) is 17.6 Å². The van der Waals surface area contributed by atoms with E-state index in [0.717, 1.165) is 0 Å². The molecule has 1 fully saturated rings. The summed E-state index contributed by atoms with van der Waals surface area (Å²) in [6.07, 6.45) is -17.6. The molecule has 3 nitrogen and oxygen atoms in total. The zero-order valence-corrected chi connectivity index (χ0v) is 11.5. The number of aromatic nitrogens is 3. The third-order valence-corrected chi connectivity index (χ3v) is 4.81. The van der Waals surface area contributed by atoms with Gasteiger partial charge in [0, 0.05) is 6.42 Å².